The molecule has 2 aromatic heterocycles. The monoisotopic (exact) mass is 537 g/mol. The van der Waals surface area contributed by atoms with E-state index in [1.807, 2.05) is 13.8 Å². The van der Waals surface area contributed by atoms with E-state index >= 15 is 0 Å². The topological polar surface area (TPSA) is 138 Å². The van der Waals surface area contributed by atoms with Crippen LogP contribution in [0.3, 0.4) is 0 Å². The molecule has 1 aliphatic rings. The first-order valence-electron chi connectivity index (χ1n) is 12.6. The van der Waals surface area contributed by atoms with Crippen LogP contribution in [0.1, 0.15) is 43.5 Å². The van der Waals surface area contributed by atoms with Crippen molar-refractivity contribution in [2.45, 2.75) is 50.2 Å². The third-order valence-electron chi connectivity index (χ3n) is 6.40. The molecule has 0 bridgehead atoms. The number of nitrogens with one attached hydrogen (secondary N) is 2. The van der Waals surface area contributed by atoms with Gasteiger partial charge in [-0.25, -0.2) is 13.4 Å². The molecule has 10 nitrogen and oxygen atoms in total. The van der Waals surface area contributed by atoms with Crippen LogP contribution in [0.2, 0.25) is 0 Å². The quantitative estimate of drug-likeness (QED) is 0.450. The minimum atomic E-state index is -3.94. The lowest BCUT2D eigenvalue weighted by molar-refractivity contribution is -0.129. The summed E-state index contributed by atoms with van der Waals surface area (Å²) in [6, 6.07) is 11.6. The predicted molar refractivity (Wildman–Crippen MR) is 142 cm³/mol. The van der Waals surface area contributed by atoms with Crippen LogP contribution in [0, 0.1) is 5.92 Å². The van der Waals surface area contributed by atoms with E-state index in [2.05, 4.69) is 20.6 Å². The zero-order chi connectivity index (χ0) is 27.3. The molecule has 1 aromatic carbocycles. The van der Waals surface area contributed by atoms with Crippen LogP contribution in [0.25, 0.3) is 10.9 Å². The molecule has 0 radical (unpaired) electrons. The fourth-order valence-electron chi connectivity index (χ4n) is 4.50. The molecule has 1 unspecified atom stereocenters. The summed E-state index contributed by atoms with van der Waals surface area (Å²) in [6.45, 7) is 3.64. The van der Waals surface area contributed by atoms with Crippen LogP contribution in [-0.4, -0.2) is 65.5 Å². The second-order valence-corrected chi connectivity index (χ2v) is 11.6. The summed E-state index contributed by atoms with van der Waals surface area (Å²) in [5, 5.41) is 6.14. The highest BCUT2D eigenvalue weighted by atomic mass is 32.2. The number of benzene rings is 1. The number of fused-ring (bicyclic) bond motifs is 1. The predicted octanol–water partition coefficient (Wildman–Crippen LogP) is 2.31. The van der Waals surface area contributed by atoms with Crippen molar-refractivity contribution in [3.8, 4) is 0 Å². The average molecular weight is 538 g/mol. The minimum Gasteiger partial charge on any atom is -0.344 e. The number of nitrogens with zero attached hydrogens (tertiary/aromatic N) is 3. The molecule has 2 atom stereocenters. The number of carbonyl (C=O) groups is 3. The molecular weight excluding hydrogens is 506 g/mol. The van der Waals surface area contributed by atoms with Crippen LogP contribution in [0.5, 0.6) is 0 Å². The van der Waals surface area contributed by atoms with Crippen molar-refractivity contribution in [3.63, 3.8) is 0 Å². The highest BCUT2D eigenvalue weighted by molar-refractivity contribution is 7.89. The second kappa shape index (κ2) is 11.8. The average Bonchev–Trinajstić information content (AvgIpc) is 3.09. The lowest BCUT2D eigenvalue weighted by Crippen LogP contribution is -2.52. The number of sulfonamides is 1. The SMILES string of the molecule is CC(C)CC(NC(=O)c1cccc2ncccc12)C(=O)N[C@H]1CCCN(S(=O)(=O)c2ccccn2)CC1=O. The summed E-state index contributed by atoms with van der Waals surface area (Å²) in [5.74, 6) is -1.22. The number of hydrogen-bond donors (Lipinski definition) is 2. The Kier molecular flexibility index (Phi) is 8.48. The molecule has 1 saturated heterocycles. The van der Waals surface area contributed by atoms with E-state index in [0.717, 1.165) is 4.31 Å². The van der Waals surface area contributed by atoms with Gasteiger partial charge in [0.1, 0.15) is 6.04 Å². The van der Waals surface area contributed by atoms with Crippen molar-refractivity contribution in [2.24, 2.45) is 5.92 Å². The molecule has 0 aliphatic carbocycles. The summed E-state index contributed by atoms with van der Waals surface area (Å²) in [4.78, 5) is 47.7. The maximum atomic E-state index is 13.3. The van der Waals surface area contributed by atoms with Gasteiger partial charge in [0.2, 0.25) is 5.91 Å². The van der Waals surface area contributed by atoms with Gasteiger partial charge in [-0.1, -0.05) is 32.0 Å². The lowest BCUT2D eigenvalue weighted by Gasteiger charge is -2.24. The molecule has 11 heteroatoms. The van der Waals surface area contributed by atoms with Crippen molar-refractivity contribution in [3.05, 3.63) is 66.5 Å². The van der Waals surface area contributed by atoms with Gasteiger partial charge in [0.05, 0.1) is 18.1 Å². The smallest absolute Gasteiger partial charge is 0.260 e. The zero-order valence-corrected chi connectivity index (χ0v) is 22.1. The van der Waals surface area contributed by atoms with Gasteiger partial charge in [-0.15, -0.1) is 0 Å². The lowest BCUT2D eigenvalue weighted by atomic mass is 10.0. The van der Waals surface area contributed by atoms with Crippen molar-refractivity contribution in [2.75, 3.05) is 13.1 Å². The molecule has 3 aromatic rings. The van der Waals surface area contributed by atoms with Gasteiger partial charge in [0.15, 0.2) is 10.8 Å². The Morgan fingerprint density at radius 2 is 1.84 bits per heavy atom. The van der Waals surface area contributed by atoms with Crippen molar-refractivity contribution in [1.29, 1.82) is 0 Å². The Labute approximate surface area is 221 Å². The Morgan fingerprint density at radius 3 is 2.58 bits per heavy atom. The van der Waals surface area contributed by atoms with Crippen molar-refractivity contribution >= 4 is 38.5 Å². The Bertz CT molecular complexity index is 1420. The third kappa shape index (κ3) is 6.22. The molecule has 2 amide bonds. The molecule has 3 heterocycles. The highest BCUT2D eigenvalue weighted by Crippen LogP contribution is 2.19. The van der Waals surface area contributed by atoms with Gasteiger partial charge in [0, 0.05) is 29.9 Å². The van der Waals surface area contributed by atoms with E-state index in [0.29, 0.717) is 29.3 Å². The van der Waals surface area contributed by atoms with E-state index in [4.69, 9.17) is 0 Å². The van der Waals surface area contributed by atoms with Crippen LogP contribution < -0.4 is 10.6 Å². The fraction of sp³-hybridized carbons (Fsp3) is 0.370. The van der Waals surface area contributed by atoms with Gasteiger partial charge >= 0.3 is 0 Å². The molecule has 200 valence electrons. The molecule has 0 spiro atoms. The summed E-state index contributed by atoms with van der Waals surface area (Å²) in [6.07, 6.45) is 4.06. The second-order valence-electron chi connectivity index (χ2n) is 9.71. The van der Waals surface area contributed by atoms with Crippen LogP contribution in [0.4, 0.5) is 0 Å². The molecule has 0 saturated carbocycles. The maximum absolute atomic E-state index is 13.3. The summed E-state index contributed by atoms with van der Waals surface area (Å²) in [7, 11) is -3.94. The van der Waals surface area contributed by atoms with Crippen LogP contribution >= 0.6 is 0 Å². The number of amides is 2. The molecule has 4 rings (SSSR count). The van der Waals surface area contributed by atoms with Gasteiger partial charge in [-0.05, 0) is 55.5 Å². The number of hydrogen-bond acceptors (Lipinski definition) is 7. The summed E-state index contributed by atoms with van der Waals surface area (Å²) < 4.78 is 27.0. The van der Waals surface area contributed by atoms with E-state index in [9.17, 15) is 22.8 Å². The largest absolute Gasteiger partial charge is 0.344 e. The van der Waals surface area contributed by atoms with E-state index in [1.54, 1.807) is 48.7 Å². The number of aromatic nitrogens is 2. The van der Waals surface area contributed by atoms with Gasteiger partial charge in [-0.2, -0.15) is 4.31 Å². The summed E-state index contributed by atoms with van der Waals surface area (Å²) in [5.41, 5.74) is 1.07. The normalized spacial score (nSPS) is 17.7. The number of Topliss-reactive ketones (excluding diaryl/α,β-unsaturated/α-hetero) is 1. The number of ketones is 1. The first-order valence-corrected chi connectivity index (χ1v) is 14.0. The Morgan fingerprint density at radius 1 is 1.05 bits per heavy atom. The highest BCUT2D eigenvalue weighted by Gasteiger charge is 2.35. The van der Waals surface area contributed by atoms with Crippen LogP contribution in [-0.2, 0) is 19.6 Å². The summed E-state index contributed by atoms with van der Waals surface area (Å²) >= 11 is 0. The first kappa shape index (κ1) is 27.3. The fourth-order valence-corrected chi connectivity index (χ4v) is 5.87. The first-order chi connectivity index (χ1) is 18.2. The third-order valence-corrected chi connectivity index (χ3v) is 8.16. The minimum absolute atomic E-state index is 0.0871. The van der Waals surface area contributed by atoms with Crippen molar-refractivity contribution < 1.29 is 22.8 Å². The van der Waals surface area contributed by atoms with Gasteiger partial charge in [0.25, 0.3) is 15.9 Å². The molecule has 1 fully saturated rings. The molecule has 38 heavy (non-hydrogen) atoms. The van der Waals surface area contributed by atoms with E-state index < -0.39 is 39.7 Å². The number of rotatable bonds is 8. The Balaban J connectivity index is 1.47. The maximum Gasteiger partial charge on any atom is 0.260 e. The number of carbonyl (C=O) groups excluding carboxylic acids is 3. The van der Waals surface area contributed by atoms with Crippen molar-refractivity contribution in [1.82, 2.24) is 24.9 Å². The van der Waals surface area contributed by atoms with Gasteiger partial charge in [-0.3, -0.25) is 19.4 Å². The van der Waals surface area contributed by atoms with E-state index in [-0.39, 0.29) is 30.5 Å². The standard InChI is InChI=1S/C27H31N5O5S/c1-18(2)16-23(31-26(34)20-8-5-10-21-19(20)9-6-14-28-21)27(35)30-22-11-7-15-32(17-24(22)33)38(36,37)25-12-3-4-13-29-25/h3-6,8-10,12-14,18,22-23H,7,11,15-17H2,1-2H3,(H,30,35)(H,31,34)/t22-,23?/m0/s1. The Hall–Kier alpha value is -3.70. The van der Waals surface area contributed by atoms with Crippen LogP contribution in [0.15, 0.2) is 66.0 Å². The number of pyridine rings is 2. The van der Waals surface area contributed by atoms with E-state index in [1.165, 1.54) is 12.3 Å². The van der Waals surface area contributed by atoms with Gasteiger partial charge < -0.3 is 10.6 Å². The molecule has 1 aliphatic heterocycles. The molecular formula is C27H31N5O5S. The zero-order valence-electron chi connectivity index (χ0n) is 21.3. The molecule has 2 N–H and O–H groups in total.